The Labute approximate surface area is 233 Å². The van der Waals surface area contributed by atoms with Gasteiger partial charge >= 0.3 is 0 Å². The number of methoxy groups -OCH3 is 1. The molecule has 1 amide bonds. The summed E-state index contributed by atoms with van der Waals surface area (Å²) in [6, 6.07) is 9.57. The van der Waals surface area contributed by atoms with Gasteiger partial charge in [-0.15, -0.1) is 0 Å². The summed E-state index contributed by atoms with van der Waals surface area (Å²) in [7, 11) is 3.79. The first-order valence-electron chi connectivity index (χ1n) is 13.4. The highest BCUT2D eigenvalue weighted by atomic mass is 16.5. The van der Waals surface area contributed by atoms with E-state index in [2.05, 4.69) is 38.2 Å². The number of hydrogen-bond donors (Lipinski definition) is 2. The molecule has 5 rings (SSSR count). The zero-order valence-electron chi connectivity index (χ0n) is 23.1. The highest BCUT2D eigenvalue weighted by Gasteiger charge is 2.43. The summed E-state index contributed by atoms with van der Waals surface area (Å²) in [5, 5.41) is 21.7. The zero-order valence-corrected chi connectivity index (χ0v) is 23.1. The van der Waals surface area contributed by atoms with Crippen molar-refractivity contribution in [2.24, 2.45) is 0 Å². The van der Waals surface area contributed by atoms with E-state index in [0.717, 1.165) is 43.5 Å². The Morgan fingerprint density at radius 1 is 1.20 bits per heavy atom. The number of fused-ring (bicyclic) bond motifs is 2. The minimum absolute atomic E-state index is 0.000542. The van der Waals surface area contributed by atoms with E-state index in [4.69, 9.17) is 19.3 Å². The van der Waals surface area contributed by atoms with E-state index in [-0.39, 0.29) is 36.9 Å². The summed E-state index contributed by atoms with van der Waals surface area (Å²) in [6.07, 6.45) is 6.33. The Bertz CT molecular complexity index is 1450. The van der Waals surface area contributed by atoms with Gasteiger partial charge in [-0.1, -0.05) is 0 Å². The monoisotopic (exact) mass is 546 g/mol. The summed E-state index contributed by atoms with van der Waals surface area (Å²) in [5.74, 6) is 1.97. The average molecular weight is 547 g/mol. The third-order valence-corrected chi connectivity index (χ3v) is 8.37. The van der Waals surface area contributed by atoms with Crippen LogP contribution in [0, 0.1) is 11.3 Å². The van der Waals surface area contributed by atoms with Crippen LogP contribution in [0.1, 0.15) is 50.2 Å². The first-order valence-corrected chi connectivity index (χ1v) is 13.4. The van der Waals surface area contributed by atoms with Crippen LogP contribution in [-0.2, 0) is 16.0 Å². The van der Waals surface area contributed by atoms with Crippen LogP contribution in [-0.4, -0.2) is 71.1 Å². The average Bonchev–Trinajstić information content (AvgIpc) is 2.98. The molecule has 2 aliphatic rings. The largest absolute Gasteiger partial charge is 0.480 e. The number of ether oxygens (including phenoxy) is 3. The molecule has 11 nitrogen and oxygen atoms in total. The summed E-state index contributed by atoms with van der Waals surface area (Å²) >= 11 is 0. The molecule has 0 aromatic carbocycles. The molecule has 3 aromatic rings. The van der Waals surface area contributed by atoms with Gasteiger partial charge in [0.05, 0.1) is 28.8 Å². The van der Waals surface area contributed by atoms with Crippen LogP contribution in [0.15, 0.2) is 30.5 Å². The lowest BCUT2D eigenvalue weighted by Crippen LogP contribution is -2.51. The van der Waals surface area contributed by atoms with Crippen LogP contribution in [0.25, 0.3) is 11.0 Å². The molecule has 40 heavy (non-hydrogen) atoms. The number of nitrogens with one attached hydrogen (secondary N) is 1. The van der Waals surface area contributed by atoms with Crippen molar-refractivity contribution in [3.8, 4) is 17.7 Å². The standard InChI is InChI=1S/C29H34N6O5/c1-28(35(2)23-6-5-22-27(32-23)33-24(37)18-40-22)10-12-29(38-3,13-11-28)9-8-20-19(16-30)17-31-21-4-7-25(34-26(20)21)39-15-14-36/h4-7,17,36H,8-15,18H2,1-3H3,(H,32,33,37). The van der Waals surface area contributed by atoms with Crippen molar-refractivity contribution >= 4 is 28.6 Å². The van der Waals surface area contributed by atoms with Gasteiger partial charge in [-0.05, 0) is 69.2 Å². The van der Waals surface area contributed by atoms with E-state index >= 15 is 0 Å². The zero-order chi connectivity index (χ0) is 28.3. The number of carbonyl (C=O) groups excluding carboxylic acids is 1. The Morgan fingerprint density at radius 2 is 2.00 bits per heavy atom. The van der Waals surface area contributed by atoms with Gasteiger partial charge in [-0.3, -0.25) is 9.78 Å². The van der Waals surface area contributed by atoms with Crippen molar-refractivity contribution in [3.63, 3.8) is 0 Å². The van der Waals surface area contributed by atoms with Crippen molar-refractivity contribution in [1.82, 2.24) is 15.0 Å². The van der Waals surface area contributed by atoms with E-state index in [9.17, 15) is 10.1 Å². The van der Waals surface area contributed by atoms with Crippen LogP contribution in [0.2, 0.25) is 0 Å². The molecule has 1 saturated carbocycles. The fourth-order valence-corrected chi connectivity index (χ4v) is 5.59. The molecule has 1 fully saturated rings. The van der Waals surface area contributed by atoms with Gasteiger partial charge in [0.25, 0.3) is 5.91 Å². The van der Waals surface area contributed by atoms with Gasteiger partial charge in [0.1, 0.15) is 18.5 Å². The van der Waals surface area contributed by atoms with E-state index in [1.165, 1.54) is 0 Å². The maximum absolute atomic E-state index is 11.8. The number of anilines is 2. The van der Waals surface area contributed by atoms with Gasteiger partial charge in [0, 0.05) is 32.0 Å². The van der Waals surface area contributed by atoms with Crippen LogP contribution < -0.4 is 19.7 Å². The third kappa shape index (κ3) is 5.37. The number of aliphatic hydroxyl groups is 1. The van der Waals surface area contributed by atoms with E-state index in [1.807, 2.05) is 25.2 Å². The third-order valence-electron chi connectivity index (χ3n) is 8.37. The minimum Gasteiger partial charge on any atom is -0.480 e. The van der Waals surface area contributed by atoms with Gasteiger partial charge in [0.15, 0.2) is 18.2 Å². The SMILES string of the molecule is COC1(CCc2c(C#N)cnc3ccc(OCCO)nc23)CCC(C)(N(C)c2ccc3c(n2)NC(=O)CO3)CC1. The van der Waals surface area contributed by atoms with Gasteiger partial charge in [0.2, 0.25) is 5.88 Å². The first kappa shape index (κ1) is 27.6. The van der Waals surface area contributed by atoms with Gasteiger partial charge < -0.3 is 29.5 Å². The molecule has 0 saturated heterocycles. The molecule has 0 spiro atoms. The van der Waals surface area contributed by atoms with Crippen LogP contribution in [0.4, 0.5) is 11.6 Å². The summed E-state index contributed by atoms with van der Waals surface area (Å²) < 4.78 is 17.1. The number of carbonyl (C=O) groups is 1. The van der Waals surface area contributed by atoms with Gasteiger partial charge in [-0.2, -0.15) is 5.26 Å². The molecule has 1 aliphatic heterocycles. The van der Waals surface area contributed by atoms with Crippen molar-refractivity contribution in [1.29, 1.82) is 5.26 Å². The Morgan fingerprint density at radius 3 is 2.73 bits per heavy atom. The smallest absolute Gasteiger partial charge is 0.263 e. The van der Waals surface area contributed by atoms with Crippen molar-refractivity contribution in [2.75, 3.05) is 44.2 Å². The number of hydrogen-bond acceptors (Lipinski definition) is 10. The normalized spacial score (nSPS) is 22.1. The highest BCUT2D eigenvalue weighted by molar-refractivity contribution is 5.94. The summed E-state index contributed by atoms with van der Waals surface area (Å²) in [4.78, 5) is 27.6. The second-order valence-electron chi connectivity index (χ2n) is 10.6. The first-order chi connectivity index (χ1) is 19.3. The Hall–Kier alpha value is -4.01. The molecule has 210 valence electrons. The number of nitrogens with zero attached hydrogens (tertiary/aromatic N) is 5. The maximum Gasteiger partial charge on any atom is 0.263 e. The lowest BCUT2D eigenvalue weighted by Gasteiger charge is -2.49. The molecule has 2 N–H and O–H groups in total. The molecule has 1 aliphatic carbocycles. The van der Waals surface area contributed by atoms with Crippen molar-refractivity contribution in [2.45, 2.75) is 56.6 Å². The number of aryl methyl sites for hydroxylation is 1. The van der Waals surface area contributed by atoms with Crippen molar-refractivity contribution < 1.29 is 24.1 Å². The number of pyridine rings is 3. The molecule has 3 aromatic heterocycles. The highest BCUT2D eigenvalue weighted by Crippen LogP contribution is 2.44. The molecule has 0 atom stereocenters. The Kier molecular flexibility index (Phi) is 7.74. The second kappa shape index (κ2) is 11.2. The predicted molar refractivity (Wildman–Crippen MR) is 149 cm³/mol. The maximum atomic E-state index is 11.8. The van der Waals surface area contributed by atoms with Crippen LogP contribution in [0.3, 0.4) is 0 Å². The number of aliphatic hydroxyl groups excluding tert-OH is 1. The summed E-state index contributed by atoms with van der Waals surface area (Å²) in [5.41, 5.74) is 2.12. The number of aromatic nitrogens is 3. The lowest BCUT2D eigenvalue weighted by molar-refractivity contribution is -0.118. The quantitative estimate of drug-likeness (QED) is 0.410. The fraction of sp³-hybridized carbons (Fsp3) is 0.483. The van der Waals surface area contributed by atoms with E-state index in [0.29, 0.717) is 40.5 Å². The fourth-order valence-electron chi connectivity index (χ4n) is 5.59. The topological polar surface area (TPSA) is 143 Å². The Balaban J connectivity index is 1.32. The molecule has 0 unspecified atom stereocenters. The van der Waals surface area contributed by atoms with Crippen LogP contribution >= 0.6 is 0 Å². The molecular weight excluding hydrogens is 512 g/mol. The minimum atomic E-state index is -0.348. The second-order valence-corrected chi connectivity index (χ2v) is 10.6. The molecule has 11 heteroatoms. The molecule has 4 heterocycles. The molecule has 0 radical (unpaired) electrons. The van der Waals surface area contributed by atoms with Crippen LogP contribution in [0.5, 0.6) is 11.6 Å². The summed E-state index contributed by atoms with van der Waals surface area (Å²) in [6.45, 7) is 2.26. The van der Waals surface area contributed by atoms with Gasteiger partial charge in [-0.25, -0.2) is 9.97 Å². The molecule has 0 bridgehead atoms. The lowest BCUT2D eigenvalue weighted by atomic mass is 9.72. The number of nitriles is 1. The predicted octanol–water partition coefficient (Wildman–Crippen LogP) is 3.39. The number of amides is 1. The van der Waals surface area contributed by atoms with E-state index in [1.54, 1.807) is 19.4 Å². The van der Waals surface area contributed by atoms with Crippen molar-refractivity contribution in [3.05, 3.63) is 41.6 Å². The number of rotatable bonds is 9. The molecular formula is C29H34N6O5. The van der Waals surface area contributed by atoms with E-state index < -0.39 is 0 Å².